The van der Waals surface area contributed by atoms with Crippen molar-refractivity contribution in [3.63, 3.8) is 0 Å². The first-order chi connectivity index (χ1) is 10.1. The van der Waals surface area contributed by atoms with Crippen LogP contribution in [0.1, 0.15) is 39.0 Å². The summed E-state index contributed by atoms with van der Waals surface area (Å²) in [5, 5.41) is 2.91. The normalized spacial score (nSPS) is 11.4. The lowest BCUT2D eigenvalue weighted by Gasteiger charge is -2.16. The average molecular weight is 394 g/mol. The average Bonchev–Trinajstić information content (AvgIpc) is 2.47. The van der Waals surface area contributed by atoms with E-state index < -0.39 is 0 Å². The van der Waals surface area contributed by atoms with E-state index in [2.05, 4.69) is 21.2 Å². The van der Waals surface area contributed by atoms with Crippen molar-refractivity contribution < 1.29 is 9.53 Å². The molecule has 0 saturated heterocycles. The first kappa shape index (κ1) is 21.2. The van der Waals surface area contributed by atoms with Gasteiger partial charge in [-0.15, -0.1) is 12.4 Å². The molecule has 1 atom stereocenters. The van der Waals surface area contributed by atoms with Crippen molar-refractivity contribution in [2.75, 3.05) is 13.1 Å². The van der Waals surface area contributed by atoms with Gasteiger partial charge < -0.3 is 15.8 Å². The number of para-hydroxylation sites is 1. The molecule has 0 aliphatic heterocycles. The Kier molecular flexibility index (Phi) is 12.3. The number of benzene rings is 1. The van der Waals surface area contributed by atoms with Crippen LogP contribution in [0.2, 0.25) is 0 Å². The third kappa shape index (κ3) is 9.28. The van der Waals surface area contributed by atoms with Crippen LogP contribution in [-0.2, 0) is 4.79 Å². The zero-order valence-corrected chi connectivity index (χ0v) is 15.4. The minimum absolute atomic E-state index is 0. The molecule has 0 radical (unpaired) electrons. The van der Waals surface area contributed by atoms with Crippen molar-refractivity contribution in [1.82, 2.24) is 5.32 Å². The molecule has 4 nitrogen and oxygen atoms in total. The predicted molar refractivity (Wildman–Crippen MR) is 96.6 cm³/mol. The lowest BCUT2D eigenvalue weighted by Crippen LogP contribution is -2.33. The molecule has 0 aliphatic rings. The molecule has 1 rings (SSSR count). The summed E-state index contributed by atoms with van der Waals surface area (Å²) in [7, 11) is 0. The van der Waals surface area contributed by atoms with Gasteiger partial charge in [0.2, 0.25) is 5.91 Å². The molecule has 1 amide bonds. The minimum atomic E-state index is -0.0649. The zero-order chi connectivity index (χ0) is 15.5. The second-order valence-corrected chi connectivity index (χ2v) is 5.97. The Morgan fingerprint density at radius 1 is 1.27 bits per heavy atom. The highest BCUT2D eigenvalue weighted by molar-refractivity contribution is 9.10. The number of carbonyl (C=O) groups excluding carboxylic acids is 1. The Labute approximate surface area is 147 Å². The molecule has 0 fully saturated rings. The molecule has 1 unspecified atom stereocenters. The van der Waals surface area contributed by atoms with Crippen LogP contribution >= 0.6 is 28.3 Å². The lowest BCUT2D eigenvalue weighted by molar-refractivity contribution is -0.121. The Bertz CT molecular complexity index is 432. The maximum absolute atomic E-state index is 11.7. The number of ether oxygens (including phenoxy) is 1. The molecule has 6 heteroatoms. The Morgan fingerprint density at radius 3 is 2.64 bits per heavy atom. The number of hydrogen-bond donors (Lipinski definition) is 2. The molecule has 0 heterocycles. The highest BCUT2D eigenvalue weighted by Crippen LogP contribution is 2.24. The maximum atomic E-state index is 11.7. The highest BCUT2D eigenvalue weighted by atomic mass is 79.9. The van der Waals surface area contributed by atoms with Crippen molar-refractivity contribution in [1.29, 1.82) is 0 Å². The van der Waals surface area contributed by atoms with Gasteiger partial charge in [0.15, 0.2) is 0 Å². The van der Waals surface area contributed by atoms with Gasteiger partial charge >= 0.3 is 0 Å². The van der Waals surface area contributed by atoms with Crippen LogP contribution in [0.15, 0.2) is 28.7 Å². The van der Waals surface area contributed by atoms with Crippen molar-refractivity contribution in [2.45, 2.75) is 45.1 Å². The molecule has 0 saturated carbocycles. The summed E-state index contributed by atoms with van der Waals surface area (Å²) in [5.74, 6) is 0.881. The second-order valence-electron chi connectivity index (χ2n) is 5.12. The number of carbonyl (C=O) groups is 1. The van der Waals surface area contributed by atoms with Crippen LogP contribution in [0.25, 0.3) is 0 Å². The van der Waals surface area contributed by atoms with E-state index in [1.54, 1.807) is 0 Å². The predicted octanol–water partition coefficient (Wildman–Crippen LogP) is 3.66. The standard InChI is InChI=1S/C16H25BrN2O2.ClH/c1-13(21-15-9-6-5-8-14(15)17)12-19-16(20)10-4-2-3-7-11-18;/h5-6,8-9,13H,2-4,7,10-12,18H2,1H3,(H,19,20);1H. The molecule has 0 bridgehead atoms. The number of nitrogens with two attached hydrogens (primary N) is 1. The van der Waals surface area contributed by atoms with E-state index in [0.717, 1.165) is 42.5 Å². The van der Waals surface area contributed by atoms with Gasteiger partial charge in [-0.05, 0) is 54.4 Å². The minimum Gasteiger partial charge on any atom is -0.488 e. The van der Waals surface area contributed by atoms with Crippen LogP contribution in [0, 0.1) is 0 Å². The van der Waals surface area contributed by atoms with E-state index in [1.807, 2.05) is 31.2 Å². The van der Waals surface area contributed by atoms with Gasteiger partial charge in [-0.1, -0.05) is 25.0 Å². The Hall–Kier alpha value is -0.780. The fourth-order valence-corrected chi connectivity index (χ4v) is 2.31. The summed E-state index contributed by atoms with van der Waals surface area (Å²) in [6.45, 7) is 3.19. The second kappa shape index (κ2) is 12.7. The number of nitrogens with one attached hydrogen (secondary N) is 1. The van der Waals surface area contributed by atoms with Gasteiger partial charge in [0, 0.05) is 6.42 Å². The van der Waals surface area contributed by atoms with Crippen molar-refractivity contribution >= 4 is 34.2 Å². The van der Waals surface area contributed by atoms with E-state index >= 15 is 0 Å². The van der Waals surface area contributed by atoms with Gasteiger partial charge in [0.05, 0.1) is 11.0 Å². The van der Waals surface area contributed by atoms with Gasteiger partial charge in [0.1, 0.15) is 11.9 Å². The number of halogens is 2. The van der Waals surface area contributed by atoms with Crippen LogP contribution in [0.5, 0.6) is 5.75 Å². The largest absolute Gasteiger partial charge is 0.488 e. The topological polar surface area (TPSA) is 64.4 Å². The lowest BCUT2D eigenvalue weighted by atomic mass is 10.1. The van der Waals surface area contributed by atoms with Gasteiger partial charge in [0.25, 0.3) is 0 Å². The van der Waals surface area contributed by atoms with Crippen molar-refractivity contribution in [3.05, 3.63) is 28.7 Å². The molecule has 0 spiro atoms. The first-order valence-corrected chi connectivity index (χ1v) is 8.30. The first-order valence-electron chi connectivity index (χ1n) is 7.51. The summed E-state index contributed by atoms with van der Waals surface area (Å²) in [4.78, 5) is 11.7. The summed E-state index contributed by atoms with van der Waals surface area (Å²) < 4.78 is 6.70. The van der Waals surface area contributed by atoms with Gasteiger partial charge in [-0.3, -0.25) is 4.79 Å². The number of unbranched alkanes of at least 4 members (excludes halogenated alkanes) is 3. The molecule has 0 aliphatic carbocycles. The van der Waals surface area contributed by atoms with Crippen LogP contribution in [0.4, 0.5) is 0 Å². The molecule has 3 N–H and O–H groups in total. The number of hydrogen-bond acceptors (Lipinski definition) is 3. The third-order valence-electron chi connectivity index (χ3n) is 3.11. The van der Waals surface area contributed by atoms with E-state index in [-0.39, 0.29) is 24.4 Å². The quantitative estimate of drug-likeness (QED) is 0.596. The molecular formula is C16H26BrClN2O2. The smallest absolute Gasteiger partial charge is 0.220 e. The third-order valence-corrected chi connectivity index (χ3v) is 3.76. The summed E-state index contributed by atoms with van der Waals surface area (Å²) in [6.07, 6.45) is 4.64. The van der Waals surface area contributed by atoms with Crippen LogP contribution in [0.3, 0.4) is 0 Å². The summed E-state index contributed by atoms with van der Waals surface area (Å²) in [6, 6.07) is 7.70. The SMILES string of the molecule is CC(CNC(=O)CCCCCCN)Oc1ccccc1Br.Cl. The van der Waals surface area contributed by atoms with Crippen LogP contribution < -0.4 is 15.8 Å². The summed E-state index contributed by atoms with van der Waals surface area (Å²) in [5.41, 5.74) is 5.43. The highest BCUT2D eigenvalue weighted by Gasteiger charge is 2.08. The fraction of sp³-hybridized carbons (Fsp3) is 0.562. The number of rotatable bonds is 10. The van der Waals surface area contributed by atoms with Gasteiger partial charge in [-0.25, -0.2) is 0 Å². The molecular weight excluding hydrogens is 368 g/mol. The summed E-state index contributed by atoms with van der Waals surface area (Å²) >= 11 is 3.44. The van der Waals surface area contributed by atoms with E-state index in [4.69, 9.17) is 10.5 Å². The molecule has 1 aromatic rings. The molecule has 126 valence electrons. The fourth-order valence-electron chi connectivity index (χ4n) is 1.93. The van der Waals surface area contributed by atoms with Crippen molar-refractivity contribution in [2.24, 2.45) is 5.73 Å². The monoisotopic (exact) mass is 392 g/mol. The van der Waals surface area contributed by atoms with Crippen molar-refractivity contribution in [3.8, 4) is 5.75 Å². The Morgan fingerprint density at radius 2 is 1.95 bits per heavy atom. The number of amides is 1. The van der Waals surface area contributed by atoms with E-state index in [1.165, 1.54) is 0 Å². The molecule has 0 aromatic heterocycles. The zero-order valence-electron chi connectivity index (χ0n) is 13.0. The van der Waals surface area contributed by atoms with Gasteiger partial charge in [-0.2, -0.15) is 0 Å². The molecule has 1 aromatic carbocycles. The Balaban J connectivity index is 0.00000441. The van der Waals surface area contributed by atoms with E-state index in [0.29, 0.717) is 13.0 Å². The van der Waals surface area contributed by atoms with Crippen LogP contribution in [-0.4, -0.2) is 25.1 Å². The maximum Gasteiger partial charge on any atom is 0.220 e. The molecule has 22 heavy (non-hydrogen) atoms. The van der Waals surface area contributed by atoms with E-state index in [9.17, 15) is 4.79 Å².